The number of nitrogens with zero attached hydrogens (tertiary/aromatic N) is 2. The van der Waals surface area contributed by atoms with Crippen LogP contribution in [0.25, 0.3) is 0 Å². The Kier molecular flexibility index (Phi) is 7.44. The predicted molar refractivity (Wildman–Crippen MR) is 118 cm³/mol. The van der Waals surface area contributed by atoms with Gasteiger partial charge in [-0.05, 0) is 50.6 Å². The Labute approximate surface area is 176 Å². The van der Waals surface area contributed by atoms with Crippen LogP contribution in [0.1, 0.15) is 63.4 Å². The van der Waals surface area contributed by atoms with Crippen molar-refractivity contribution in [3.05, 3.63) is 35.9 Å². The summed E-state index contributed by atoms with van der Waals surface area (Å²) in [7, 11) is 0. The van der Waals surface area contributed by atoms with E-state index >= 15 is 0 Å². The van der Waals surface area contributed by atoms with Crippen molar-refractivity contribution in [2.45, 2.75) is 82.5 Å². The van der Waals surface area contributed by atoms with Gasteiger partial charge in [0.1, 0.15) is 0 Å². The average molecular weight is 399 g/mol. The number of hydrogen-bond donors (Lipinski definition) is 2. The van der Waals surface area contributed by atoms with E-state index in [2.05, 4.69) is 50.8 Å². The predicted octanol–water partition coefficient (Wildman–Crippen LogP) is 3.75. The zero-order valence-electron chi connectivity index (χ0n) is 17.8. The van der Waals surface area contributed by atoms with Crippen LogP contribution in [0.4, 0.5) is 4.79 Å². The number of nitrogens with one attached hydrogen (secondary N) is 2. The molecule has 29 heavy (non-hydrogen) atoms. The van der Waals surface area contributed by atoms with E-state index in [1.807, 2.05) is 0 Å². The fourth-order valence-electron chi connectivity index (χ4n) is 5.39. The molecule has 5 nitrogen and oxygen atoms in total. The van der Waals surface area contributed by atoms with Crippen LogP contribution in [0.2, 0.25) is 0 Å². The molecule has 0 aromatic heterocycles. The van der Waals surface area contributed by atoms with E-state index in [0.717, 1.165) is 51.5 Å². The summed E-state index contributed by atoms with van der Waals surface area (Å²) < 4.78 is 0. The molecule has 0 spiro atoms. The number of hydrogen-bond acceptors (Lipinski definition) is 3. The highest BCUT2D eigenvalue weighted by atomic mass is 16.2. The van der Waals surface area contributed by atoms with Gasteiger partial charge in [-0.25, -0.2) is 4.79 Å². The molecule has 2 aliphatic heterocycles. The molecule has 1 saturated carbocycles. The summed E-state index contributed by atoms with van der Waals surface area (Å²) in [5.41, 5.74) is 1.37. The third kappa shape index (κ3) is 6.19. The quantitative estimate of drug-likeness (QED) is 0.794. The molecule has 0 radical (unpaired) electrons. The molecular weight excluding hydrogens is 360 g/mol. The topological polar surface area (TPSA) is 47.6 Å². The molecule has 1 unspecified atom stereocenters. The van der Waals surface area contributed by atoms with Gasteiger partial charge < -0.3 is 10.6 Å². The number of benzene rings is 1. The Hall–Kier alpha value is -1.59. The lowest BCUT2D eigenvalue weighted by atomic mass is 9.92. The van der Waals surface area contributed by atoms with Crippen molar-refractivity contribution >= 4 is 6.03 Å². The molecule has 3 aliphatic rings. The Morgan fingerprint density at radius 3 is 2.31 bits per heavy atom. The van der Waals surface area contributed by atoms with Crippen molar-refractivity contribution in [2.75, 3.05) is 26.2 Å². The number of piperidine rings is 2. The fraction of sp³-hybridized carbons (Fsp3) is 0.708. The van der Waals surface area contributed by atoms with Crippen molar-refractivity contribution < 1.29 is 4.79 Å². The summed E-state index contributed by atoms with van der Waals surface area (Å²) in [5.74, 6) is 0. The first-order valence-electron chi connectivity index (χ1n) is 11.8. The third-order valence-corrected chi connectivity index (χ3v) is 7.05. The minimum Gasteiger partial charge on any atom is -0.335 e. The highest BCUT2D eigenvalue weighted by Gasteiger charge is 2.28. The van der Waals surface area contributed by atoms with Crippen molar-refractivity contribution in [1.29, 1.82) is 0 Å². The SMILES string of the molecule is O=C(NC1CCN(Cc2ccccc2)CC1)NC1CCCN(C2CCCCC2)C1. The van der Waals surface area contributed by atoms with Crippen LogP contribution in [0.3, 0.4) is 0 Å². The lowest BCUT2D eigenvalue weighted by Crippen LogP contribution is -2.55. The first kappa shape index (κ1) is 20.7. The zero-order chi connectivity index (χ0) is 19.9. The molecule has 0 bridgehead atoms. The molecule has 2 amide bonds. The van der Waals surface area contributed by atoms with Gasteiger partial charge in [-0.2, -0.15) is 0 Å². The van der Waals surface area contributed by atoms with Crippen LogP contribution < -0.4 is 10.6 Å². The maximum absolute atomic E-state index is 12.6. The highest BCUT2D eigenvalue weighted by molar-refractivity contribution is 5.74. The number of likely N-dealkylation sites (tertiary alicyclic amines) is 2. The minimum absolute atomic E-state index is 0.0435. The zero-order valence-corrected chi connectivity index (χ0v) is 17.8. The van der Waals surface area contributed by atoms with E-state index in [1.165, 1.54) is 50.6 Å². The van der Waals surface area contributed by atoms with Crippen molar-refractivity contribution in [3.63, 3.8) is 0 Å². The first-order chi connectivity index (χ1) is 14.3. The lowest BCUT2D eigenvalue weighted by molar-refractivity contribution is 0.111. The monoisotopic (exact) mass is 398 g/mol. The molecule has 2 N–H and O–H groups in total. The summed E-state index contributed by atoms with van der Waals surface area (Å²) >= 11 is 0. The van der Waals surface area contributed by atoms with Crippen LogP contribution >= 0.6 is 0 Å². The van der Waals surface area contributed by atoms with Gasteiger partial charge >= 0.3 is 6.03 Å². The Morgan fingerprint density at radius 2 is 1.55 bits per heavy atom. The maximum atomic E-state index is 12.6. The van der Waals surface area contributed by atoms with E-state index < -0.39 is 0 Å². The van der Waals surface area contributed by atoms with Crippen molar-refractivity contribution in [3.8, 4) is 0 Å². The van der Waals surface area contributed by atoms with E-state index in [1.54, 1.807) is 0 Å². The number of rotatable bonds is 5. The Morgan fingerprint density at radius 1 is 0.828 bits per heavy atom. The molecule has 1 aliphatic carbocycles. The van der Waals surface area contributed by atoms with Crippen LogP contribution in [-0.2, 0) is 6.54 Å². The Bertz CT molecular complexity index is 623. The molecule has 160 valence electrons. The molecule has 1 atom stereocenters. The molecule has 2 saturated heterocycles. The van der Waals surface area contributed by atoms with Crippen molar-refractivity contribution in [1.82, 2.24) is 20.4 Å². The second-order valence-electron chi connectivity index (χ2n) is 9.28. The molecular formula is C24H38N4O. The van der Waals surface area contributed by atoms with E-state index in [0.29, 0.717) is 12.1 Å². The molecule has 5 heteroatoms. The number of carbonyl (C=O) groups excluding carboxylic acids is 1. The second kappa shape index (κ2) is 10.4. The maximum Gasteiger partial charge on any atom is 0.315 e. The van der Waals surface area contributed by atoms with Gasteiger partial charge in [-0.1, -0.05) is 49.6 Å². The van der Waals surface area contributed by atoms with Gasteiger partial charge in [0.25, 0.3) is 0 Å². The largest absolute Gasteiger partial charge is 0.335 e. The molecule has 2 heterocycles. The summed E-state index contributed by atoms with van der Waals surface area (Å²) in [6, 6.07) is 12.1. The van der Waals surface area contributed by atoms with Crippen LogP contribution in [0, 0.1) is 0 Å². The van der Waals surface area contributed by atoms with E-state index in [4.69, 9.17) is 0 Å². The molecule has 1 aromatic carbocycles. The van der Waals surface area contributed by atoms with Gasteiger partial charge in [0.05, 0.1) is 0 Å². The molecule has 3 fully saturated rings. The third-order valence-electron chi connectivity index (χ3n) is 7.05. The van der Waals surface area contributed by atoms with Crippen molar-refractivity contribution in [2.24, 2.45) is 0 Å². The van der Waals surface area contributed by atoms with Gasteiger partial charge in [0, 0.05) is 44.3 Å². The number of amides is 2. The lowest BCUT2D eigenvalue weighted by Gasteiger charge is -2.40. The van der Waals surface area contributed by atoms with Crippen LogP contribution in [0.5, 0.6) is 0 Å². The Balaban J connectivity index is 1.16. The van der Waals surface area contributed by atoms with Gasteiger partial charge in [-0.3, -0.25) is 9.80 Å². The van der Waals surface area contributed by atoms with Gasteiger partial charge in [-0.15, -0.1) is 0 Å². The molecule has 1 aromatic rings. The van der Waals surface area contributed by atoms with Crippen LogP contribution in [0.15, 0.2) is 30.3 Å². The normalized spacial score (nSPS) is 25.6. The summed E-state index contributed by atoms with van der Waals surface area (Å²) in [6.45, 7) is 5.37. The first-order valence-corrected chi connectivity index (χ1v) is 11.8. The van der Waals surface area contributed by atoms with E-state index in [-0.39, 0.29) is 6.03 Å². The second-order valence-corrected chi connectivity index (χ2v) is 9.28. The number of carbonyl (C=O) groups is 1. The van der Waals surface area contributed by atoms with Gasteiger partial charge in [0.2, 0.25) is 0 Å². The highest BCUT2D eigenvalue weighted by Crippen LogP contribution is 2.25. The number of urea groups is 1. The summed E-state index contributed by atoms with van der Waals surface area (Å²) in [4.78, 5) is 17.7. The standard InChI is InChI=1S/C24H38N4O/c29-24(26-22-10-7-15-28(19-22)23-11-5-2-6-12-23)25-21-13-16-27(17-14-21)18-20-8-3-1-4-9-20/h1,3-4,8-9,21-23H,2,5-7,10-19H2,(H2,25,26,29). The average Bonchev–Trinajstić information content (AvgIpc) is 2.77. The minimum atomic E-state index is 0.0435. The smallest absolute Gasteiger partial charge is 0.315 e. The summed E-state index contributed by atoms with van der Waals surface area (Å²) in [5, 5.41) is 6.53. The fourth-order valence-corrected chi connectivity index (χ4v) is 5.39. The van der Waals surface area contributed by atoms with Gasteiger partial charge in [0.15, 0.2) is 0 Å². The molecule has 4 rings (SSSR count). The van der Waals surface area contributed by atoms with E-state index in [9.17, 15) is 4.79 Å². The summed E-state index contributed by atoms with van der Waals surface area (Å²) in [6.07, 6.45) is 11.3. The van der Waals surface area contributed by atoms with Crippen LogP contribution in [-0.4, -0.2) is 60.1 Å².